The van der Waals surface area contributed by atoms with Crippen molar-refractivity contribution >= 4 is 11.3 Å². The highest BCUT2D eigenvalue weighted by Crippen LogP contribution is 2.34. The van der Waals surface area contributed by atoms with Crippen molar-refractivity contribution in [3.8, 4) is 10.4 Å². The number of nitrogens with zero attached hydrogens (tertiary/aromatic N) is 3. The van der Waals surface area contributed by atoms with Crippen molar-refractivity contribution in [3.63, 3.8) is 0 Å². The first-order chi connectivity index (χ1) is 12.2. The SMILES string of the molecule is Cn1cc(-c2ccc(CN3C[C@@H](CN)[C@H](c4ccccc4)C3)s2)cn1. The van der Waals surface area contributed by atoms with E-state index in [4.69, 9.17) is 5.73 Å². The second-order valence-electron chi connectivity index (χ2n) is 6.88. The molecule has 0 radical (unpaired) electrons. The lowest BCUT2D eigenvalue weighted by Gasteiger charge is -2.16. The average molecular weight is 353 g/mol. The van der Waals surface area contributed by atoms with Gasteiger partial charge in [0, 0.05) is 54.1 Å². The van der Waals surface area contributed by atoms with Gasteiger partial charge >= 0.3 is 0 Å². The largest absolute Gasteiger partial charge is 0.330 e. The fraction of sp³-hybridized carbons (Fsp3) is 0.350. The highest BCUT2D eigenvalue weighted by Gasteiger charge is 2.32. The van der Waals surface area contributed by atoms with Gasteiger partial charge < -0.3 is 5.73 Å². The van der Waals surface area contributed by atoms with Crippen molar-refractivity contribution in [2.45, 2.75) is 12.5 Å². The van der Waals surface area contributed by atoms with E-state index in [0.717, 1.165) is 26.2 Å². The van der Waals surface area contributed by atoms with Gasteiger partial charge in [-0.1, -0.05) is 30.3 Å². The Morgan fingerprint density at radius 2 is 2.00 bits per heavy atom. The predicted octanol–water partition coefficient (Wildman–Crippen LogP) is 3.32. The first kappa shape index (κ1) is 16.5. The third kappa shape index (κ3) is 3.54. The van der Waals surface area contributed by atoms with Gasteiger partial charge in [-0.05, 0) is 30.2 Å². The maximum Gasteiger partial charge on any atom is 0.0576 e. The van der Waals surface area contributed by atoms with Gasteiger partial charge in [0.25, 0.3) is 0 Å². The van der Waals surface area contributed by atoms with Crippen LogP contribution in [-0.2, 0) is 13.6 Å². The molecule has 3 heterocycles. The number of benzene rings is 1. The van der Waals surface area contributed by atoms with Crippen molar-refractivity contribution in [2.24, 2.45) is 18.7 Å². The molecule has 4 nitrogen and oxygen atoms in total. The van der Waals surface area contributed by atoms with Crippen LogP contribution in [0.1, 0.15) is 16.4 Å². The number of aryl methyl sites for hydroxylation is 1. The highest BCUT2D eigenvalue weighted by atomic mass is 32.1. The van der Waals surface area contributed by atoms with Crippen LogP contribution < -0.4 is 5.73 Å². The van der Waals surface area contributed by atoms with E-state index >= 15 is 0 Å². The van der Waals surface area contributed by atoms with Gasteiger partial charge in [-0.2, -0.15) is 5.10 Å². The van der Waals surface area contributed by atoms with E-state index in [0.29, 0.717) is 11.8 Å². The number of rotatable bonds is 5. The van der Waals surface area contributed by atoms with Crippen LogP contribution >= 0.6 is 11.3 Å². The molecule has 1 saturated heterocycles. The summed E-state index contributed by atoms with van der Waals surface area (Å²) in [6.45, 7) is 3.92. The zero-order valence-electron chi connectivity index (χ0n) is 14.5. The molecule has 130 valence electrons. The molecular formula is C20H24N4S. The lowest BCUT2D eigenvalue weighted by atomic mass is 9.89. The van der Waals surface area contributed by atoms with Crippen molar-refractivity contribution in [3.05, 3.63) is 65.3 Å². The van der Waals surface area contributed by atoms with E-state index < -0.39 is 0 Å². The summed E-state index contributed by atoms with van der Waals surface area (Å²) in [4.78, 5) is 5.24. The first-order valence-electron chi connectivity index (χ1n) is 8.78. The van der Waals surface area contributed by atoms with E-state index in [2.05, 4.69) is 58.7 Å². The zero-order chi connectivity index (χ0) is 17.2. The Balaban J connectivity index is 1.46. The second-order valence-corrected chi connectivity index (χ2v) is 8.04. The molecule has 0 spiro atoms. The first-order valence-corrected chi connectivity index (χ1v) is 9.59. The van der Waals surface area contributed by atoms with Gasteiger partial charge in [0.2, 0.25) is 0 Å². The molecule has 2 aromatic heterocycles. The molecule has 25 heavy (non-hydrogen) atoms. The molecule has 0 bridgehead atoms. The topological polar surface area (TPSA) is 47.1 Å². The number of hydrogen-bond donors (Lipinski definition) is 1. The van der Waals surface area contributed by atoms with Crippen molar-refractivity contribution in [1.29, 1.82) is 0 Å². The fourth-order valence-electron chi connectivity index (χ4n) is 3.79. The maximum absolute atomic E-state index is 6.07. The molecule has 5 heteroatoms. The third-order valence-corrected chi connectivity index (χ3v) is 6.20. The average Bonchev–Trinajstić information content (AvgIpc) is 3.35. The smallest absolute Gasteiger partial charge is 0.0576 e. The quantitative estimate of drug-likeness (QED) is 0.766. The van der Waals surface area contributed by atoms with Gasteiger partial charge in [0.15, 0.2) is 0 Å². The summed E-state index contributed by atoms with van der Waals surface area (Å²) in [5, 5.41) is 4.27. The highest BCUT2D eigenvalue weighted by molar-refractivity contribution is 7.15. The standard InChI is InChI=1S/C20H24N4S/c1-23-11-17(10-22-23)20-8-7-18(25-20)13-24-12-16(9-21)19(14-24)15-5-3-2-4-6-15/h2-8,10-11,16,19H,9,12-14,21H2,1H3/t16-,19+/m1/s1. The minimum atomic E-state index is 0.542. The van der Waals surface area contributed by atoms with Crippen LogP contribution in [0, 0.1) is 5.92 Å². The number of likely N-dealkylation sites (tertiary alicyclic amines) is 1. The van der Waals surface area contributed by atoms with Crippen LogP contribution in [0.2, 0.25) is 0 Å². The lowest BCUT2D eigenvalue weighted by Crippen LogP contribution is -2.22. The van der Waals surface area contributed by atoms with Crippen LogP contribution in [0.15, 0.2) is 54.9 Å². The molecule has 3 aromatic rings. The normalized spacial score (nSPS) is 21.0. The molecule has 4 rings (SSSR count). The van der Waals surface area contributed by atoms with Gasteiger partial charge in [0.05, 0.1) is 6.20 Å². The summed E-state index contributed by atoms with van der Waals surface area (Å²) in [7, 11) is 1.96. The maximum atomic E-state index is 6.07. The van der Waals surface area contributed by atoms with Crippen LogP contribution in [0.5, 0.6) is 0 Å². The molecule has 1 aliphatic rings. The van der Waals surface area contributed by atoms with E-state index in [-0.39, 0.29) is 0 Å². The Morgan fingerprint density at radius 1 is 1.16 bits per heavy atom. The fourth-order valence-corrected chi connectivity index (χ4v) is 4.82. The number of hydrogen-bond acceptors (Lipinski definition) is 4. The predicted molar refractivity (Wildman–Crippen MR) is 104 cm³/mol. The Bertz CT molecular complexity index is 823. The van der Waals surface area contributed by atoms with Crippen molar-refractivity contribution in [1.82, 2.24) is 14.7 Å². The minimum absolute atomic E-state index is 0.542. The molecule has 0 saturated carbocycles. The molecule has 0 amide bonds. The molecule has 2 atom stereocenters. The van der Waals surface area contributed by atoms with Crippen LogP contribution in [-0.4, -0.2) is 34.3 Å². The number of nitrogens with two attached hydrogens (primary N) is 1. The summed E-state index contributed by atoms with van der Waals surface area (Å²) < 4.78 is 1.85. The van der Waals surface area contributed by atoms with E-state index in [1.54, 1.807) is 0 Å². The lowest BCUT2D eigenvalue weighted by molar-refractivity contribution is 0.319. The molecule has 0 aliphatic carbocycles. The molecule has 1 fully saturated rings. The second kappa shape index (κ2) is 7.12. The van der Waals surface area contributed by atoms with Gasteiger partial charge in [-0.25, -0.2) is 0 Å². The minimum Gasteiger partial charge on any atom is -0.330 e. The van der Waals surface area contributed by atoms with Gasteiger partial charge in [-0.15, -0.1) is 11.3 Å². The molecule has 1 aromatic carbocycles. The monoisotopic (exact) mass is 352 g/mol. The molecule has 0 unspecified atom stereocenters. The van der Waals surface area contributed by atoms with Crippen molar-refractivity contribution in [2.75, 3.05) is 19.6 Å². The van der Waals surface area contributed by atoms with Crippen molar-refractivity contribution < 1.29 is 0 Å². The Hall–Kier alpha value is -1.95. The van der Waals surface area contributed by atoms with E-state index in [9.17, 15) is 0 Å². The summed E-state index contributed by atoms with van der Waals surface area (Å²) >= 11 is 1.87. The number of thiophene rings is 1. The van der Waals surface area contributed by atoms with Crippen LogP contribution in [0.4, 0.5) is 0 Å². The third-order valence-electron chi connectivity index (χ3n) is 5.08. The molecule has 1 aliphatic heterocycles. The number of aromatic nitrogens is 2. The van der Waals surface area contributed by atoms with Crippen LogP contribution in [0.25, 0.3) is 10.4 Å². The zero-order valence-corrected chi connectivity index (χ0v) is 15.3. The Morgan fingerprint density at radius 3 is 2.72 bits per heavy atom. The Labute approximate surface area is 152 Å². The molecular weight excluding hydrogens is 328 g/mol. The van der Waals surface area contributed by atoms with Crippen LogP contribution in [0.3, 0.4) is 0 Å². The molecule has 2 N–H and O–H groups in total. The summed E-state index contributed by atoms with van der Waals surface area (Å²) in [5.74, 6) is 1.09. The van der Waals surface area contributed by atoms with E-state index in [1.165, 1.54) is 20.9 Å². The summed E-state index contributed by atoms with van der Waals surface area (Å²) in [6, 6.07) is 15.3. The van der Waals surface area contributed by atoms with E-state index in [1.807, 2.05) is 29.3 Å². The van der Waals surface area contributed by atoms with Gasteiger partial charge in [-0.3, -0.25) is 9.58 Å². The Kier molecular flexibility index (Phi) is 4.70. The summed E-state index contributed by atoms with van der Waals surface area (Å²) in [5.41, 5.74) is 8.68. The van der Waals surface area contributed by atoms with Gasteiger partial charge in [0.1, 0.15) is 0 Å². The summed E-state index contributed by atoms with van der Waals surface area (Å²) in [6.07, 6.45) is 4.00.